The first-order valence-corrected chi connectivity index (χ1v) is 8.97. The minimum absolute atomic E-state index is 0.343. The first-order valence-electron chi connectivity index (χ1n) is 8.97. The molecule has 3 aromatic rings. The lowest BCUT2D eigenvalue weighted by atomic mass is 10.1. The van der Waals surface area contributed by atoms with Crippen molar-refractivity contribution >= 4 is 22.9 Å². The van der Waals surface area contributed by atoms with Gasteiger partial charge in [0.2, 0.25) is 5.95 Å². The number of methoxy groups -OCH3 is 2. The van der Waals surface area contributed by atoms with Gasteiger partial charge in [-0.2, -0.15) is 9.97 Å². The quantitative estimate of drug-likeness (QED) is 0.752. The maximum absolute atomic E-state index is 6.19. The summed E-state index contributed by atoms with van der Waals surface area (Å²) < 4.78 is 10.6. The molecule has 4 rings (SSSR count). The first-order chi connectivity index (χ1) is 13.2. The minimum atomic E-state index is 0.343. The summed E-state index contributed by atoms with van der Waals surface area (Å²) in [6.45, 7) is 1.89. The molecule has 0 aliphatic carbocycles. The lowest BCUT2D eigenvalue weighted by molar-refractivity contribution is 0.355. The van der Waals surface area contributed by atoms with Gasteiger partial charge in [0.25, 0.3) is 0 Å². The highest BCUT2D eigenvalue weighted by molar-refractivity contribution is 5.84. The van der Waals surface area contributed by atoms with E-state index in [4.69, 9.17) is 15.2 Å². The number of aromatic nitrogens is 4. The van der Waals surface area contributed by atoms with Gasteiger partial charge in [-0.3, -0.25) is 0 Å². The van der Waals surface area contributed by atoms with Crippen molar-refractivity contribution in [3.05, 3.63) is 24.4 Å². The monoisotopic (exact) mass is 366 g/mol. The molecule has 1 aliphatic rings. The van der Waals surface area contributed by atoms with E-state index in [1.807, 2.05) is 18.2 Å². The van der Waals surface area contributed by atoms with Crippen LogP contribution in [-0.4, -0.2) is 47.2 Å². The SMILES string of the molecule is COc1ccc(-c2cnc3nc(N4CCCCC4)nc(N)c3n2)cc1OC. The third-order valence-electron chi connectivity index (χ3n) is 4.74. The van der Waals surface area contributed by atoms with Crippen LogP contribution >= 0.6 is 0 Å². The Hall–Kier alpha value is -3.16. The lowest BCUT2D eigenvalue weighted by Crippen LogP contribution is -2.31. The fraction of sp³-hybridized carbons (Fsp3) is 0.368. The van der Waals surface area contributed by atoms with E-state index < -0.39 is 0 Å². The molecule has 0 bridgehead atoms. The van der Waals surface area contributed by atoms with Crippen LogP contribution in [0.15, 0.2) is 24.4 Å². The summed E-state index contributed by atoms with van der Waals surface area (Å²) in [4.78, 5) is 20.3. The van der Waals surface area contributed by atoms with Gasteiger partial charge in [0.05, 0.1) is 26.1 Å². The summed E-state index contributed by atoms with van der Waals surface area (Å²) in [5, 5.41) is 0. The minimum Gasteiger partial charge on any atom is -0.493 e. The van der Waals surface area contributed by atoms with Gasteiger partial charge in [-0.1, -0.05) is 0 Å². The molecule has 1 aromatic carbocycles. The molecule has 0 amide bonds. The highest BCUT2D eigenvalue weighted by Crippen LogP contribution is 2.32. The maximum Gasteiger partial charge on any atom is 0.229 e. The fourth-order valence-electron chi connectivity index (χ4n) is 3.29. The Balaban J connectivity index is 1.73. The number of benzene rings is 1. The van der Waals surface area contributed by atoms with Gasteiger partial charge in [-0.15, -0.1) is 0 Å². The van der Waals surface area contributed by atoms with E-state index in [1.54, 1.807) is 20.4 Å². The molecule has 0 saturated carbocycles. The number of rotatable bonds is 4. The van der Waals surface area contributed by atoms with E-state index in [1.165, 1.54) is 6.42 Å². The van der Waals surface area contributed by atoms with Crippen LogP contribution in [0.2, 0.25) is 0 Å². The van der Waals surface area contributed by atoms with E-state index in [-0.39, 0.29) is 0 Å². The second-order valence-electron chi connectivity index (χ2n) is 6.45. The number of anilines is 2. The lowest BCUT2D eigenvalue weighted by Gasteiger charge is -2.26. The normalized spacial score (nSPS) is 14.4. The topological polar surface area (TPSA) is 99.3 Å². The Morgan fingerprint density at radius 3 is 2.48 bits per heavy atom. The van der Waals surface area contributed by atoms with Gasteiger partial charge in [0.1, 0.15) is 0 Å². The van der Waals surface area contributed by atoms with Crippen LogP contribution in [0.25, 0.3) is 22.4 Å². The van der Waals surface area contributed by atoms with Crippen molar-refractivity contribution in [1.29, 1.82) is 0 Å². The molecule has 27 heavy (non-hydrogen) atoms. The van der Waals surface area contributed by atoms with Gasteiger partial charge >= 0.3 is 0 Å². The van der Waals surface area contributed by atoms with Crippen molar-refractivity contribution < 1.29 is 9.47 Å². The van der Waals surface area contributed by atoms with E-state index in [0.29, 0.717) is 40.1 Å². The molecule has 2 aromatic heterocycles. The summed E-state index contributed by atoms with van der Waals surface area (Å²) >= 11 is 0. The van der Waals surface area contributed by atoms with E-state index in [2.05, 4.69) is 24.8 Å². The third-order valence-corrected chi connectivity index (χ3v) is 4.74. The summed E-state index contributed by atoms with van der Waals surface area (Å²) in [6.07, 6.45) is 5.22. The first kappa shape index (κ1) is 17.3. The van der Waals surface area contributed by atoms with Crippen LogP contribution in [0.5, 0.6) is 11.5 Å². The molecule has 8 heteroatoms. The van der Waals surface area contributed by atoms with Crippen molar-refractivity contribution in [1.82, 2.24) is 19.9 Å². The van der Waals surface area contributed by atoms with Gasteiger partial charge in [0.15, 0.2) is 28.5 Å². The zero-order chi connectivity index (χ0) is 18.8. The second kappa shape index (κ2) is 7.22. The molecule has 1 aliphatic heterocycles. The van der Waals surface area contributed by atoms with Gasteiger partial charge < -0.3 is 20.1 Å². The number of fused-ring (bicyclic) bond motifs is 1. The smallest absolute Gasteiger partial charge is 0.229 e. The van der Waals surface area contributed by atoms with Crippen LogP contribution in [0.3, 0.4) is 0 Å². The largest absolute Gasteiger partial charge is 0.493 e. The van der Waals surface area contributed by atoms with Crippen molar-refractivity contribution in [2.24, 2.45) is 0 Å². The Morgan fingerprint density at radius 1 is 0.963 bits per heavy atom. The second-order valence-corrected chi connectivity index (χ2v) is 6.45. The fourth-order valence-corrected chi connectivity index (χ4v) is 3.29. The Bertz CT molecular complexity index is 972. The summed E-state index contributed by atoms with van der Waals surface area (Å²) in [6, 6.07) is 5.59. The average Bonchev–Trinajstić information content (AvgIpc) is 2.73. The Kier molecular flexibility index (Phi) is 4.62. The molecular formula is C19H22N6O2. The van der Waals surface area contributed by atoms with E-state index >= 15 is 0 Å². The van der Waals surface area contributed by atoms with Crippen molar-refractivity contribution in [2.75, 3.05) is 37.9 Å². The zero-order valence-corrected chi connectivity index (χ0v) is 15.5. The van der Waals surface area contributed by atoms with Crippen LogP contribution in [-0.2, 0) is 0 Å². The molecule has 2 N–H and O–H groups in total. The van der Waals surface area contributed by atoms with Crippen LogP contribution in [0.1, 0.15) is 19.3 Å². The van der Waals surface area contributed by atoms with Gasteiger partial charge in [0, 0.05) is 18.7 Å². The molecular weight excluding hydrogens is 344 g/mol. The van der Waals surface area contributed by atoms with E-state index in [0.717, 1.165) is 31.5 Å². The molecule has 0 radical (unpaired) electrons. The van der Waals surface area contributed by atoms with Gasteiger partial charge in [-0.05, 0) is 37.5 Å². The van der Waals surface area contributed by atoms with Crippen LogP contribution in [0.4, 0.5) is 11.8 Å². The molecule has 0 atom stereocenters. The maximum atomic E-state index is 6.19. The summed E-state index contributed by atoms with van der Waals surface area (Å²) in [5.41, 5.74) is 8.72. The van der Waals surface area contributed by atoms with E-state index in [9.17, 15) is 0 Å². The average molecular weight is 366 g/mol. The summed E-state index contributed by atoms with van der Waals surface area (Å²) in [5.74, 6) is 2.26. The summed E-state index contributed by atoms with van der Waals surface area (Å²) in [7, 11) is 3.20. The number of piperidine rings is 1. The molecule has 8 nitrogen and oxygen atoms in total. The molecule has 1 saturated heterocycles. The number of nitrogen functional groups attached to an aromatic ring is 1. The Labute approximate surface area is 157 Å². The highest BCUT2D eigenvalue weighted by atomic mass is 16.5. The number of nitrogens with zero attached hydrogens (tertiary/aromatic N) is 5. The number of ether oxygens (including phenoxy) is 2. The van der Waals surface area contributed by atoms with Crippen LogP contribution < -0.4 is 20.1 Å². The predicted molar refractivity (Wildman–Crippen MR) is 104 cm³/mol. The standard InChI is InChI=1S/C19H22N6O2/c1-26-14-7-6-12(10-15(14)27-2)13-11-21-18-16(22-13)17(20)23-19(24-18)25-8-4-3-5-9-25/h6-7,10-11H,3-5,8-9H2,1-2H3,(H2,20,21,23,24). The molecule has 140 valence electrons. The van der Waals surface area contributed by atoms with Crippen LogP contribution in [0, 0.1) is 0 Å². The molecule has 3 heterocycles. The highest BCUT2D eigenvalue weighted by Gasteiger charge is 2.17. The zero-order valence-electron chi connectivity index (χ0n) is 15.5. The molecule has 1 fully saturated rings. The van der Waals surface area contributed by atoms with Gasteiger partial charge in [-0.25, -0.2) is 9.97 Å². The third kappa shape index (κ3) is 3.30. The van der Waals surface area contributed by atoms with Crippen molar-refractivity contribution in [3.63, 3.8) is 0 Å². The Morgan fingerprint density at radius 2 is 1.74 bits per heavy atom. The molecule has 0 unspecified atom stereocenters. The number of hydrogen-bond donors (Lipinski definition) is 1. The van der Waals surface area contributed by atoms with Crippen molar-refractivity contribution in [2.45, 2.75) is 19.3 Å². The number of hydrogen-bond acceptors (Lipinski definition) is 8. The predicted octanol–water partition coefficient (Wildman–Crippen LogP) is 2.68. The van der Waals surface area contributed by atoms with Crippen molar-refractivity contribution in [3.8, 4) is 22.8 Å². The molecule has 0 spiro atoms. The number of nitrogens with two attached hydrogens (primary N) is 1.